The number of aromatic nitrogens is 2. The molecule has 8 nitrogen and oxygen atoms in total. The van der Waals surface area contributed by atoms with E-state index in [1.54, 1.807) is 0 Å². The molecule has 21 heavy (non-hydrogen) atoms. The van der Waals surface area contributed by atoms with E-state index in [1.165, 1.54) is 13.8 Å². The molecule has 0 aliphatic heterocycles. The molecule has 112 valence electrons. The Morgan fingerprint density at radius 3 is 2.57 bits per heavy atom. The second-order valence-electron chi connectivity index (χ2n) is 4.29. The second kappa shape index (κ2) is 5.13. The number of aryl methyl sites for hydroxylation is 2. The van der Waals surface area contributed by atoms with Gasteiger partial charge in [-0.2, -0.15) is 5.10 Å². The normalized spacial score (nSPS) is 11.4. The van der Waals surface area contributed by atoms with Gasteiger partial charge in [-0.1, -0.05) is 0 Å². The lowest BCUT2D eigenvalue weighted by Gasteiger charge is -2.08. The van der Waals surface area contributed by atoms with Crippen LogP contribution >= 0.6 is 0 Å². The minimum atomic E-state index is -4.07. The molecule has 0 saturated carbocycles. The van der Waals surface area contributed by atoms with Gasteiger partial charge in [0.05, 0.1) is 22.4 Å². The third kappa shape index (κ3) is 2.84. The van der Waals surface area contributed by atoms with Gasteiger partial charge in [0.1, 0.15) is 16.4 Å². The molecule has 0 amide bonds. The first-order chi connectivity index (χ1) is 9.72. The van der Waals surface area contributed by atoms with Crippen molar-refractivity contribution in [3.8, 4) is 0 Å². The highest BCUT2D eigenvalue weighted by Gasteiger charge is 2.26. The summed E-state index contributed by atoms with van der Waals surface area (Å²) in [5, 5.41) is 17.1. The van der Waals surface area contributed by atoms with E-state index in [1.807, 2.05) is 0 Å². The lowest BCUT2D eigenvalue weighted by Crippen LogP contribution is -2.15. The summed E-state index contributed by atoms with van der Waals surface area (Å²) in [6.45, 7) is 2.99. The van der Waals surface area contributed by atoms with Gasteiger partial charge in [-0.05, 0) is 26.0 Å². The van der Waals surface area contributed by atoms with Crippen LogP contribution in [-0.4, -0.2) is 23.5 Å². The number of benzene rings is 1. The molecule has 2 N–H and O–H groups in total. The summed E-state index contributed by atoms with van der Waals surface area (Å²) < 4.78 is 39.7. The molecule has 0 radical (unpaired) electrons. The number of hydrogen-bond acceptors (Lipinski definition) is 5. The third-order valence-electron chi connectivity index (χ3n) is 2.73. The Labute approximate surface area is 119 Å². The summed E-state index contributed by atoms with van der Waals surface area (Å²) in [7, 11) is -4.07. The first-order valence-corrected chi connectivity index (χ1v) is 7.19. The number of rotatable bonds is 4. The number of hydrogen-bond donors (Lipinski definition) is 2. The number of nitrogens with zero attached hydrogens (tertiary/aromatic N) is 2. The lowest BCUT2D eigenvalue weighted by atomic mass is 10.3. The number of halogens is 1. The van der Waals surface area contributed by atoms with Gasteiger partial charge < -0.3 is 0 Å². The number of aromatic amines is 1. The number of H-pyrrole nitrogens is 1. The molecular formula is C11H11FN4O4S. The van der Waals surface area contributed by atoms with Crippen LogP contribution in [-0.2, 0) is 10.0 Å². The maximum Gasteiger partial charge on any atom is 0.296 e. The average Bonchev–Trinajstić information content (AvgIpc) is 2.71. The smallest absolute Gasteiger partial charge is 0.281 e. The SMILES string of the molecule is Cc1n[nH]c(C)c1S(=O)(=O)Nc1ccc(F)cc1[N+](=O)[O-]. The van der Waals surface area contributed by atoms with Crippen LogP contribution < -0.4 is 4.72 Å². The van der Waals surface area contributed by atoms with E-state index >= 15 is 0 Å². The maximum absolute atomic E-state index is 13.0. The van der Waals surface area contributed by atoms with Crippen LogP contribution in [0.5, 0.6) is 0 Å². The van der Waals surface area contributed by atoms with Crippen molar-refractivity contribution in [2.24, 2.45) is 0 Å². The Morgan fingerprint density at radius 1 is 1.38 bits per heavy atom. The number of anilines is 1. The van der Waals surface area contributed by atoms with Crippen molar-refractivity contribution in [3.63, 3.8) is 0 Å². The van der Waals surface area contributed by atoms with Gasteiger partial charge in [0.25, 0.3) is 15.7 Å². The summed E-state index contributed by atoms with van der Waals surface area (Å²) in [5.74, 6) is -0.833. The standard InChI is InChI=1S/C11H11FN4O4S/c1-6-11(7(2)14-13-6)21(19,20)15-9-4-3-8(12)5-10(9)16(17)18/h3-5,15H,1-2H3,(H,13,14). The Balaban J connectivity index is 2.50. The minimum Gasteiger partial charge on any atom is -0.281 e. The third-order valence-corrected chi connectivity index (χ3v) is 4.36. The van der Waals surface area contributed by atoms with Crippen molar-refractivity contribution in [1.82, 2.24) is 10.2 Å². The fourth-order valence-corrected chi connectivity index (χ4v) is 3.32. The summed E-state index contributed by atoms with van der Waals surface area (Å²) in [4.78, 5) is 9.90. The average molecular weight is 314 g/mol. The monoisotopic (exact) mass is 314 g/mol. The van der Waals surface area contributed by atoms with Crippen molar-refractivity contribution < 1.29 is 17.7 Å². The molecule has 0 bridgehead atoms. The Morgan fingerprint density at radius 2 is 2.05 bits per heavy atom. The topological polar surface area (TPSA) is 118 Å². The van der Waals surface area contributed by atoms with Crippen LogP contribution in [0.1, 0.15) is 11.4 Å². The fourth-order valence-electron chi connectivity index (χ4n) is 1.87. The highest BCUT2D eigenvalue weighted by Crippen LogP contribution is 2.28. The highest BCUT2D eigenvalue weighted by atomic mass is 32.2. The molecule has 0 spiro atoms. The molecule has 2 rings (SSSR count). The van der Waals surface area contributed by atoms with E-state index in [4.69, 9.17) is 0 Å². The Kier molecular flexibility index (Phi) is 3.64. The van der Waals surface area contributed by atoms with Gasteiger partial charge in [-0.3, -0.25) is 19.9 Å². The molecule has 1 heterocycles. The van der Waals surface area contributed by atoms with Gasteiger partial charge >= 0.3 is 0 Å². The van der Waals surface area contributed by atoms with Gasteiger partial charge in [-0.15, -0.1) is 0 Å². The largest absolute Gasteiger partial charge is 0.296 e. The van der Waals surface area contributed by atoms with E-state index in [0.29, 0.717) is 11.8 Å². The number of nitro benzene ring substituents is 1. The van der Waals surface area contributed by atoms with Gasteiger partial charge in [0, 0.05) is 0 Å². The molecule has 0 fully saturated rings. The van der Waals surface area contributed by atoms with Gasteiger partial charge in [0.2, 0.25) is 0 Å². The summed E-state index contributed by atoms with van der Waals surface area (Å²) in [6.07, 6.45) is 0. The van der Waals surface area contributed by atoms with E-state index in [9.17, 15) is 22.9 Å². The van der Waals surface area contributed by atoms with Crippen molar-refractivity contribution in [2.45, 2.75) is 18.7 Å². The van der Waals surface area contributed by atoms with Crippen LogP contribution in [0, 0.1) is 29.8 Å². The second-order valence-corrected chi connectivity index (χ2v) is 5.91. The summed E-state index contributed by atoms with van der Waals surface area (Å²) in [5.41, 5.74) is -0.465. The van der Waals surface area contributed by atoms with Crippen molar-refractivity contribution in [2.75, 3.05) is 4.72 Å². The number of nitro groups is 1. The Bertz CT molecular complexity index is 796. The zero-order chi connectivity index (χ0) is 15.8. The number of nitrogens with one attached hydrogen (secondary N) is 2. The molecule has 10 heteroatoms. The first-order valence-electron chi connectivity index (χ1n) is 5.70. The van der Waals surface area contributed by atoms with Crippen molar-refractivity contribution >= 4 is 21.4 Å². The molecule has 0 aliphatic carbocycles. The van der Waals surface area contributed by atoms with Crippen LogP contribution in [0.4, 0.5) is 15.8 Å². The quantitative estimate of drug-likeness (QED) is 0.659. The van der Waals surface area contributed by atoms with E-state index in [2.05, 4.69) is 14.9 Å². The summed E-state index contributed by atoms with van der Waals surface area (Å²) in [6, 6.07) is 2.57. The molecule has 1 aromatic heterocycles. The van der Waals surface area contributed by atoms with E-state index in [0.717, 1.165) is 12.1 Å². The molecular weight excluding hydrogens is 303 g/mol. The van der Waals surface area contributed by atoms with Crippen LogP contribution in [0.15, 0.2) is 23.1 Å². The molecule has 0 aliphatic rings. The summed E-state index contributed by atoms with van der Waals surface area (Å²) >= 11 is 0. The minimum absolute atomic E-state index is 0.0962. The molecule has 0 atom stereocenters. The van der Waals surface area contributed by atoms with Gasteiger partial charge in [-0.25, -0.2) is 12.8 Å². The molecule has 1 aromatic carbocycles. The van der Waals surface area contributed by atoms with E-state index < -0.39 is 26.5 Å². The van der Waals surface area contributed by atoms with Gasteiger partial charge in [0.15, 0.2) is 0 Å². The predicted molar refractivity (Wildman–Crippen MR) is 71.9 cm³/mol. The van der Waals surface area contributed by atoms with Crippen LogP contribution in [0.25, 0.3) is 0 Å². The van der Waals surface area contributed by atoms with E-state index in [-0.39, 0.29) is 16.3 Å². The van der Waals surface area contributed by atoms with Crippen LogP contribution in [0.3, 0.4) is 0 Å². The fraction of sp³-hybridized carbons (Fsp3) is 0.182. The first kappa shape index (κ1) is 14.9. The predicted octanol–water partition coefficient (Wildman–Crippen LogP) is 1.87. The van der Waals surface area contributed by atoms with Crippen molar-refractivity contribution in [3.05, 3.63) is 45.5 Å². The Hall–Kier alpha value is -2.49. The molecule has 0 saturated heterocycles. The maximum atomic E-state index is 13.0. The highest BCUT2D eigenvalue weighted by molar-refractivity contribution is 7.92. The van der Waals surface area contributed by atoms with Crippen LogP contribution in [0.2, 0.25) is 0 Å². The molecule has 2 aromatic rings. The van der Waals surface area contributed by atoms with Crippen molar-refractivity contribution in [1.29, 1.82) is 0 Å². The zero-order valence-corrected chi connectivity index (χ0v) is 11.9. The zero-order valence-electron chi connectivity index (χ0n) is 11.0. The number of sulfonamides is 1. The lowest BCUT2D eigenvalue weighted by molar-refractivity contribution is -0.384. The molecule has 0 unspecified atom stereocenters.